The molecule has 1 amide bonds. The highest BCUT2D eigenvalue weighted by molar-refractivity contribution is 9.10. The van der Waals surface area contributed by atoms with Crippen LogP contribution in [0.1, 0.15) is 4.88 Å². The fraction of sp³-hybridized carbons (Fsp3) is 0.250. The van der Waals surface area contributed by atoms with Gasteiger partial charge in [0.2, 0.25) is 5.91 Å². The zero-order valence-corrected chi connectivity index (χ0v) is 14.5. The Balaban J connectivity index is 0.00000220. The Morgan fingerprint density at radius 3 is 2.76 bits per heavy atom. The molecule has 0 bridgehead atoms. The SMILES string of the molecule is CN(CC(=O)Nc1ccc(Br)cn1)Cc1cnc(N)s1.Cl. The minimum absolute atomic E-state index is 0. The number of nitrogens with zero attached hydrogens (tertiary/aromatic N) is 3. The van der Waals surface area contributed by atoms with Crippen LogP contribution in [0.15, 0.2) is 29.0 Å². The summed E-state index contributed by atoms with van der Waals surface area (Å²) in [5.74, 6) is 0.424. The van der Waals surface area contributed by atoms with Crippen LogP contribution in [-0.4, -0.2) is 34.4 Å². The van der Waals surface area contributed by atoms with Crippen LogP contribution in [0.4, 0.5) is 10.9 Å². The van der Waals surface area contributed by atoms with Gasteiger partial charge in [0.15, 0.2) is 5.13 Å². The van der Waals surface area contributed by atoms with Crippen LogP contribution in [0.5, 0.6) is 0 Å². The summed E-state index contributed by atoms with van der Waals surface area (Å²) in [6.45, 7) is 0.908. The van der Waals surface area contributed by atoms with E-state index in [0.717, 1.165) is 9.35 Å². The van der Waals surface area contributed by atoms with E-state index in [2.05, 4.69) is 31.2 Å². The molecule has 9 heteroatoms. The van der Waals surface area contributed by atoms with Crippen LogP contribution in [0, 0.1) is 0 Å². The minimum atomic E-state index is -0.111. The molecule has 3 N–H and O–H groups in total. The zero-order chi connectivity index (χ0) is 14.5. The number of rotatable bonds is 5. The topological polar surface area (TPSA) is 84.1 Å². The van der Waals surface area contributed by atoms with Gasteiger partial charge in [-0.2, -0.15) is 0 Å². The maximum Gasteiger partial charge on any atom is 0.239 e. The molecule has 0 saturated heterocycles. The maximum absolute atomic E-state index is 11.9. The number of nitrogens with one attached hydrogen (secondary N) is 1. The third-order valence-electron chi connectivity index (χ3n) is 2.41. The molecule has 0 unspecified atom stereocenters. The van der Waals surface area contributed by atoms with Gasteiger partial charge in [0.25, 0.3) is 0 Å². The Labute approximate surface area is 141 Å². The summed E-state index contributed by atoms with van der Waals surface area (Å²) in [6, 6.07) is 3.57. The third kappa shape index (κ3) is 5.96. The Bertz CT molecular complexity index is 592. The molecule has 0 saturated carbocycles. The lowest BCUT2D eigenvalue weighted by atomic mass is 10.4. The van der Waals surface area contributed by atoms with Gasteiger partial charge in [-0.1, -0.05) is 0 Å². The maximum atomic E-state index is 11.9. The van der Waals surface area contributed by atoms with Crippen molar-refractivity contribution in [2.24, 2.45) is 0 Å². The average Bonchev–Trinajstić information content (AvgIpc) is 2.77. The largest absolute Gasteiger partial charge is 0.375 e. The predicted molar refractivity (Wildman–Crippen MR) is 90.7 cm³/mol. The molecule has 21 heavy (non-hydrogen) atoms. The average molecular weight is 393 g/mol. The van der Waals surface area contributed by atoms with Gasteiger partial charge in [-0.25, -0.2) is 9.97 Å². The van der Waals surface area contributed by atoms with Crippen molar-refractivity contribution in [3.63, 3.8) is 0 Å². The standard InChI is InChI=1S/C12H14BrN5OS.ClH/c1-18(6-9-5-16-12(14)20-9)7-11(19)17-10-3-2-8(13)4-15-10;/h2-5H,6-7H2,1H3,(H2,14,16)(H,15,17,19);1H. The van der Waals surface area contributed by atoms with Gasteiger partial charge >= 0.3 is 0 Å². The smallest absolute Gasteiger partial charge is 0.239 e. The molecule has 0 radical (unpaired) electrons. The normalized spacial score (nSPS) is 10.2. The number of carbonyl (C=O) groups excluding carboxylic acids is 1. The number of halogens is 2. The summed E-state index contributed by atoms with van der Waals surface area (Å²) in [5.41, 5.74) is 5.57. The lowest BCUT2D eigenvalue weighted by molar-refractivity contribution is -0.117. The molecule has 0 atom stereocenters. The van der Waals surface area contributed by atoms with E-state index < -0.39 is 0 Å². The van der Waals surface area contributed by atoms with Crippen molar-refractivity contribution in [3.8, 4) is 0 Å². The van der Waals surface area contributed by atoms with E-state index in [-0.39, 0.29) is 24.9 Å². The van der Waals surface area contributed by atoms with Gasteiger partial charge in [-0.15, -0.1) is 23.7 Å². The summed E-state index contributed by atoms with van der Waals surface area (Å²) >= 11 is 4.72. The van der Waals surface area contributed by atoms with E-state index in [9.17, 15) is 4.79 Å². The van der Waals surface area contributed by atoms with Gasteiger partial charge in [-0.3, -0.25) is 9.69 Å². The predicted octanol–water partition coefficient (Wildman–Crippen LogP) is 2.38. The highest BCUT2D eigenvalue weighted by Crippen LogP contribution is 2.16. The Morgan fingerprint density at radius 2 is 2.19 bits per heavy atom. The van der Waals surface area contributed by atoms with Crippen LogP contribution in [-0.2, 0) is 11.3 Å². The number of hydrogen-bond donors (Lipinski definition) is 2. The van der Waals surface area contributed by atoms with Crippen LogP contribution >= 0.6 is 39.7 Å². The Morgan fingerprint density at radius 1 is 1.43 bits per heavy atom. The summed E-state index contributed by atoms with van der Waals surface area (Å²) in [4.78, 5) is 22.8. The van der Waals surface area contributed by atoms with Gasteiger partial charge < -0.3 is 11.1 Å². The van der Waals surface area contributed by atoms with Gasteiger partial charge in [0.1, 0.15) is 5.82 Å². The monoisotopic (exact) mass is 391 g/mol. The number of anilines is 2. The molecule has 2 heterocycles. The number of thiazole rings is 1. The van der Waals surface area contributed by atoms with E-state index in [0.29, 0.717) is 17.5 Å². The molecule has 2 aromatic rings. The second-order valence-electron chi connectivity index (χ2n) is 4.25. The fourth-order valence-corrected chi connectivity index (χ4v) is 2.59. The van der Waals surface area contributed by atoms with Crippen molar-refractivity contribution in [2.45, 2.75) is 6.54 Å². The minimum Gasteiger partial charge on any atom is -0.375 e. The van der Waals surface area contributed by atoms with Gasteiger partial charge in [0.05, 0.1) is 6.54 Å². The molecular weight excluding hydrogens is 378 g/mol. The molecule has 0 aliphatic rings. The molecule has 0 aliphatic carbocycles. The van der Waals surface area contributed by atoms with Crippen molar-refractivity contribution in [1.29, 1.82) is 0 Å². The number of amides is 1. The highest BCUT2D eigenvalue weighted by Gasteiger charge is 2.09. The molecule has 0 fully saturated rings. The Hall–Kier alpha value is -1.22. The van der Waals surface area contributed by atoms with E-state index in [1.165, 1.54) is 11.3 Å². The van der Waals surface area contributed by atoms with Crippen LogP contribution in [0.25, 0.3) is 0 Å². The van der Waals surface area contributed by atoms with E-state index >= 15 is 0 Å². The fourth-order valence-electron chi connectivity index (χ4n) is 1.59. The van der Waals surface area contributed by atoms with E-state index in [1.807, 2.05) is 18.0 Å². The molecular formula is C12H15BrClN5OS. The zero-order valence-electron chi connectivity index (χ0n) is 11.2. The number of hydrogen-bond acceptors (Lipinski definition) is 6. The number of aromatic nitrogens is 2. The molecule has 114 valence electrons. The first-order valence-electron chi connectivity index (χ1n) is 5.83. The molecule has 6 nitrogen and oxygen atoms in total. The second kappa shape index (κ2) is 8.28. The van der Waals surface area contributed by atoms with E-state index in [4.69, 9.17) is 5.73 Å². The van der Waals surface area contributed by atoms with Crippen molar-refractivity contribution >= 4 is 56.5 Å². The molecule has 0 aromatic carbocycles. The Kier molecular flexibility index (Phi) is 7.03. The van der Waals surface area contributed by atoms with Gasteiger partial charge in [0, 0.05) is 28.3 Å². The third-order valence-corrected chi connectivity index (χ3v) is 3.69. The first kappa shape index (κ1) is 17.8. The van der Waals surface area contributed by atoms with E-state index in [1.54, 1.807) is 18.5 Å². The molecule has 2 rings (SSSR count). The summed E-state index contributed by atoms with van der Waals surface area (Å²) in [6.07, 6.45) is 3.37. The van der Waals surface area contributed by atoms with Crippen molar-refractivity contribution in [2.75, 3.05) is 24.6 Å². The number of pyridine rings is 1. The lowest BCUT2D eigenvalue weighted by Crippen LogP contribution is -2.29. The molecule has 2 aromatic heterocycles. The summed E-state index contributed by atoms with van der Waals surface area (Å²) in [5, 5.41) is 3.28. The number of nitrogen functional groups attached to an aromatic ring is 1. The number of carbonyl (C=O) groups is 1. The highest BCUT2D eigenvalue weighted by atomic mass is 79.9. The van der Waals surface area contributed by atoms with Crippen molar-refractivity contribution in [1.82, 2.24) is 14.9 Å². The number of likely N-dealkylation sites (N-methyl/N-ethyl adjacent to an activating group) is 1. The van der Waals surface area contributed by atoms with Crippen LogP contribution < -0.4 is 11.1 Å². The number of nitrogens with two attached hydrogens (primary N) is 1. The first-order valence-corrected chi connectivity index (χ1v) is 7.44. The molecule has 0 spiro atoms. The van der Waals surface area contributed by atoms with Crippen LogP contribution in [0.2, 0.25) is 0 Å². The molecule has 0 aliphatic heterocycles. The summed E-state index contributed by atoms with van der Waals surface area (Å²) < 4.78 is 0.871. The van der Waals surface area contributed by atoms with Crippen LogP contribution in [0.3, 0.4) is 0 Å². The first-order chi connectivity index (χ1) is 9.52. The second-order valence-corrected chi connectivity index (χ2v) is 6.31. The van der Waals surface area contributed by atoms with Crippen molar-refractivity contribution < 1.29 is 4.79 Å². The lowest BCUT2D eigenvalue weighted by Gasteiger charge is -2.14. The van der Waals surface area contributed by atoms with Crippen molar-refractivity contribution in [3.05, 3.63) is 33.9 Å². The summed E-state index contributed by atoms with van der Waals surface area (Å²) in [7, 11) is 1.87. The van der Waals surface area contributed by atoms with Gasteiger partial charge in [-0.05, 0) is 35.1 Å². The quantitative estimate of drug-likeness (QED) is 0.816.